The Labute approximate surface area is 104 Å². The largest absolute Gasteiger partial charge is 0.497 e. The predicted octanol–water partition coefficient (Wildman–Crippen LogP) is 3.97. The van der Waals surface area contributed by atoms with Crippen LogP contribution in [0, 0.1) is 0 Å². The molecule has 1 aromatic carbocycles. The minimum Gasteiger partial charge on any atom is -0.497 e. The van der Waals surface area contributed by atoms with Crippen molar-refractivity contribution in [2.75, 3.05) is 7.11 Å². The number of rotatable bonds is 2. The van der Waals surface area contributed by atoms with E-state index in [1.807, 2.05) is 24.4 Å². The standard InChI is InChI=1S/C14H11NOS/c1-16-11-6-4-10(5-7-11)14-9-12-13(17-14)3-2-8-15-12/h2-9H,1H3. The van der Waals surface area contributed by atoms with Crippen LogP contribution in [0.2, 0.25) is 0 Å². The van der Waals surface area contributed by atoms with Crippen LogP contribution >= 0.6 is 11.3 Å². The van der Waals surface area contributed by atoms with Crippen molar-refractivity contribution >= 4 is 21.6 Å². The Morgan fingerprint density at radius 2 is 1.94 bits per heavy atom. The zero-order chi connectivity index (χ0) is 11.7. The monoisotopic (exact) mass is 241 g/mol. The fraction of sp³-hybridized carbons (Fsp3) is 0.0714. The van der Waals surface area contributed by atoms with Crippen LogP contribution in [0.4, 0.5) is 0 Å². The summed E-state index contributed by atoms with van der Waals surface area (Å²) in [6.07, 6.45) is 1.83. The lowest BCUT2D eigenvalue weighted by Gasteiger charge is -2.00. The molecule has 2 nitrogen and oxygen atoms in total. The number of methoxy groups -OCH3 is 1. The summed E-state index contributed by atoms with van der Waals surface area (Å²) in [6, 6.07) is 14.3. The molecule has 0 amide bonds. The number of pyridine rings is 1. The average Bonchev–Trinajstić information content (AvgIpc) is 2.82. The Bertz CT molecular complexity index is 610. The highest BCUT2D eigenvalue weighted by molar-refractivity contribution is 7.22. The van der Waals surface area contributed by atoms with Gasteiger partial charge in [0, 0.05) is 11.1 Å². The number of nitrogens with zero attached hydrogens (tertiary/aromatic N) is 1. The van der Waals surface area contributed by atoms with Crippen molar-refractivity contribution < 1.29 is 4.74 Å². The maximum absolute atomic E-state index is 5.16. The van der Waals surface area contributed by atoms with E-state index in [0.717, 1.165) is 11.3 Å². The molecule has 0 fully saturated rings. The van der Waals surface area contributed by atoms with Gasteiger partial charge in [-0.2, -0.15) is 0 Å². The summed E-state index contributed by atoms with van der Waals surface area (Å²) in [5.74, 6) is 0.882. The maximum atomic E-state index is 5.16. The zero-order valence-electron chi connectivity index (χ0n) is 9.38. The molecule has 0 aliphatic heterocycles. The van der Waals surface area contributed by atoms with Crippen LogP contribution in [0.15, 0.2) is 48.7 Å². The Kier molecular flexibility index (Phi) is 2.53. The molecule has 17 heavy (non-hydrogen) atoms. The fourth-order valence-corrected chi connectivity index (χ4v) is 2.79. The van der Waals surface area contributed by atoms with Gasteiger partial charge in [-0.15, -0.1) is 11.3 Å². The molecule has 0 radical (unpaired) electrons. The van der Waals surface area contributed by atoms with E-state index >= 15 is 0 Å². The third-order valence-corrected chi connectivity index (χ3v) is 3.80. The van der Waals surface area contributed by atoms with Crippen molar-refractivity contribution in [3.05, 3.63) is 48.7 Å². The molecule has 3 aromatic rings. The van der Waals surface area contributed by atoms with E-state index < -0.39 is 0 Å². The van der Waals surface area contributed by atoms with Crippen LogP contribution in [0.5, 0.6) is 5.75 Å². The number of fused-ring (bicyclic) bond motifs is 1. The molecule has 0 atom stereocenters. The van der Waals surface area contributed by atoms with E-state index in [0.29, 0.717) is 0 Å². The molecule has 0 unspecified atom stereocenters. The molecule has 84 valence electrons. The second kappa shape index (κ2) is 4.18. The lowest BCUT2D eigenvalue weighted by molar-refractivity contribution is 0.415. The lowest BCUT2D eigenvalue weighted by atomic mass is 10.2. The molecular weight excluding hydrogens is 230 g/mol. The van der Waals surface area contributed by atoms with Gasteiger partial charge in [0.05, 0.1) is 17.3 Å². The minimum atomic E-state index is 0.882. The van der Waals surface area contributed by atoms with Crippen LogP contribution in [0.1, 0.15) is 0 Å². The first-order chi connectivity index (χ1) is 8.36. The normalized spacial score (nSPS) is 10.6. The molecule has 0 aliphatic rings. The van der Waals surface area contributed by atoms with Gasteiger partial charge in [-0.05, 0) is 48.0 Å². The Morgan fingerprint density at radius 3 is 2.65 bits per heavy atom. The van der Waals surface area contributed by atoms with E-state index in [1.165, 1.54) is 15.1 Å². The highest BCUT2D eigenvalue weighted by Crippen LogP contribution is 2.32. The van der Waals surface area contributed by atoms with Crippen molar-refractivity contribution in [2.45, 2.75) is 0 Å². The number of aromatic nitrogens is 1. The van der Waals surface area contributed by atoms with Crippen LogP contribution in [0.3, 0.4) is 0 Å². The molecule has 2 aromatic heterocycles. The van der Waals surface area contributed by atoms with Crippen LogP contribution in [0.25, 0.3) is 20.7 Å². The van der Waals surface area contributed by atoms with Gasteiger partial charge in [0.2, 0.25) is 0 Å². The summed E-state index contributed by atoms with van der Waals surface area (Å²) < 4.78 is 6.38. The highest BCUT2D eigenvalue weighted by atomic mass is 32.1. The molecular formula is C14H11NOS. The number of thiophene rings is 1. The first-order valence-electron chi connectivity index (χ1n) is 5.36. The van der Waals surface area contributed by atoms with Gasteiger partial charge in [-0.3, -0.25) is 4.98 Å². The van der Waals surface area contributed by atoms with Crippen molar-refractivity contribution in [3.63, 3.8) is 0 Å². The van der Waals surface area contributed by atoms with Gasteiger partial charge >= 0.3 is 0 Å². The van der Waals surface area contributed by atoms with Crippen molar-refractivity contribution in [1.82, 2.24) is 4.98 Å². The maximum Gasteiger partial charge on any atom is 0.118 e. The second-order valence-electron chi connectivity index (χ2n) is 3.73. The van der Waals surface area contributed by atoms with E-state index in [9.17, 15) is 0 Å². The van der Waals surface area contributed by atoms with Crippen LogP contribution in [-0.4, -0.2) is 12.1 Å². The molecule has 3 rings (SSSR count). The van der Waals surface area contributed by atoms with Gasteiger partial charge < -0.3 is 4.74 Å². The molecule has 0 saturated heterocycles. The average molecular weight is 241 g/mol. The second-order valence-corrected chi connectivity index (χ2v) is 4.81. The van der Waals surface area contributed by atoms with Gasteiger partial charge in [0.25, 0.3) is 0 Å². The lowest BCUT2D eigenvalue weighted by Crippen LogP contribution is -1.81. The van der Waals surface area contributed by atoms with Gasteiger partial charge in [0.15, 0.2) is 0 Å². The Morgan fingerprint density at radius 1 is 1.12 bits per heavy atom. The molecule has 0 aliphatic carbocycles. The molecule has 2 heterocycles. The first kappa shape index (κ1) is 10.3. The molecule has 0 N–H and O–H groups in total. The number of benzene rings is 1. The third kappa shape index (κ3) is 1.89. The SMILES string of the molecule is COc1ccc(-c2cc3ncccc3s2)cc1. The van der Waals surface area contributed by atoms with E-state index in [-0.39, 0.29) is 0 Å². The summed E-state index contributed by atoms with van der Waals surface area (Å²) in [6.45, 7) is 0. The first-order valence-corrected chi connectivity index (χ1v) is 6.17. The van der Waals surface area contributed by atoms with Crippen molar-refractivity contribution in [1.29, 1.82) is 0 Å². The summed E-state index contributed by atoms with van der Waals surface area (Å²) >= 11 is 1.76. The summed E-state index contributed by atoms with van der Waals surface area (Å²) in [4.78, 5) is 5.58. The topological polar surface area (TPSA) is 22.1 Å². The van der Waals surface area contributed by atoms with Gasteiger partial charge in [-0.25, -0.2) is 0 Å². The van der Waals surface area contributed by atoms with E-state index in [1.54, 1.807) is 18.4 Å². The molecule has 0 bridgehead atoms. The smallest absolute Gasteiger partial charge is 0.118 e. The highest BCUT2D eigenvalue weighted by Gasteiger charge is 2.04. The van der Waals surface area contributed by atoms with E-state index in [4.69, 9.17) is 4.74 Å². The number of hydrogen-bond acceptors (Lipinski definition) is 3. The molecule has 3 heteroatoms. The quantitative estimate of drug-likeness (QED) is 0.677. The Hall–Kier alpha value is -1.87. The Balaban J connectivity index is 2.07. The number of hydrogen-bond donors (Lipinski definition) is 0. The van der Waals surface area contributed by atoms with E-state index in [2.05, 4.69) is 29.2 Å². The van der Waals surface area contributed by atoms with Crippen LogP contribution in [-0.2, 0) is 0 Å². The summed E-state index contributed by atoms with van der Waals surface area (Å²) in [5, 5.41) is 0. The number of ether oxygens (including phenoxy) is 1. The van der Waals surface area contributed by atoms with Crippen molar-refractivity contribution in [2.24, 2.45) is 0 Å². The third-order valence-electron chi connectivity index (χ3n) is 2.66. The fourth-order valence-electron chi connectivity index (χ4n) is 1.77. The van der Waals surface area contributed by atoms with Crippen LogP contribution < -0.4 is 4.74 Å². The van der Waals surface area contributed by atoms with Gasteiger partial charge in [0.1, 0.15) is 5.75 Å². The summed E-state index contributed by atoms with van der Waals surface area (Å²) in [7, 11) is 1.68. The molecule has 0 spiro atoms. The minimum absolute atomic E-state index is 0.882. The molecule has 0 saturated carbocycles. The predicted molar refractivity (Wildman–Crippen MR) is 71.6 cm³/mol. The zero-order valence-corrected chi connectivity index (χ0v) is 10.2. The summed E-state index contributed by atoms with van der Waals surface area (Å²) in [5.41, 5.74) is 2.26. The van der Waals surface area contributed by atoms with Gasteiger partial charge in [-0.1, -0.05) is 0 Å². The van der Waals surface area contributed by atoms with Crippen molar-refractivity contribution in [3.8, 4) is 16.2 Å².